The number of phenolic OH excluding ortho intramolecular Hbond substituents is 2. The number of methoxy groups -OCH3 is 3. The van der Waals surface area contributed by atoms with E-state index in [2.05, 4.69) is 0 Å². The van der Waals surface area contributed by atoms with Crippen LogP contribution in [0.3, 0.4) is 0 Å². The van der Waals surface area contributed by atoms with Gasteiger partial charge in [-0.05, 0) is 47.4 Å². The molecular formula is C20H26O5. The van der Waals surface area contributed by atoms with Crippen LogP contribution < -0.4 is 0 Å². The number of phenols is 2. The lowest BCUT2D eigenvalue weighted by atomic mass is 9.94. The summed E-state index contributed by atoms with van der Waals surface area (Å²) in [6.07, 6.45) is 0.713. The van der Waals surface area contributed by atoms with Gasteiger partial charge >= 0.3 is 0 Å². The first-order valence-electron chi connectivity index (χ1n) is 8.22. The highest BCUT2D eigenvalue weighted by Gasteiger charge is 2.14. The molecule has 0 aliphatic rings. The van der Waals surface area contributed by atoms with Gasteiger partial charge in [0.2, 0.25) is 0 Å². The first kappa shape index (κ1) is 19.2. The Hall–Kier alpha value is -2.08. The minimum Gasteiger partial charge on any atom is -0.507 e. The molecule has 5 nitrogen and oxygen atoms in total. The Kier molecular flexibility index (Phi) is 6.82. The average molecular weight is 346 g/mol. The molecule has 0 heterocycles. The summed E-state index contributed by atoms with van der Waals surface area (Å²) >= 11 is 0. The van der Waals surface area contributed by atoms with Crippen LogP contribution in [0.4, 0.5) is 0 Å². The van der Waals surface area contributed by atoms with Crippen molar-refractivity contribution < 1.29 is 24.4 Å². The van der Waals surface area contributed by atoms with Crippen LogP contribution >= 0.6 is 0 Å². The van der Waals surface area contributed by atoms with Gasteiger partial charge in [0.15, 0.2) is 0 Å². The zero-order valence-corrected chi connectivity index (χ0v) is 15.3. The molecule has 25 heavy (non-hydrogen) atoms. The summed E-state index contributed by atoms with van der Waals surface area (Å²) in [5.41, 5.74) is 4.89. The molecule has 0 fully saturated rings. The van der Waals surface area contributed by atoms with Crippen molar-refractivity contribution in [2.24, 2.45) is 0 Å². The van der Waals surface area contributed by atoms with E-state index in [-0.39, 0.29) is 11.5 Å². The highest BCUT2D eigenvalue weighted by Crippen LogP contribution is 2.35. The third-order valence-electron chi connectivity index (χ3n) is 4.15. The first-order chi connectivity index (χ1) is 12.0. The van der Waals surface area contributed by atoms with E-state index in [0.29, 0.717) is 37.4 Å². The molecule has 2 N–H and O–H groups in total. The van der Waals surface area contributed by atoms with E-state index < -0.39 is 0 Å². The molecule has 0 bridgehead atoms. The molecule has 0 atom stereocenters. The second kappa shape index (κ2) is 8.85. The van der Waals surface area contributed by atoms with E-state index in [9.17, 15) is 10.2 Å². The van der Waals surface area contributed by atoms with Crippen LogP contribution in [0, 0.1) is 0 Å². The minimum atomic E-state index is 0.194. The Morgan fingerprint density at radius 3 is 1.28 bits per heavy atom. The maximum atomic E-state index is 10.4. The van der Waals surface area contributed by atoms with Gasteiger partial charge in [-0.3, -0.25) is 0 Å². The first-order valence-corrected chi connectivity index (χ1v) is 8.22. The molecule has 0 radical (unpaired) electrons. The fourth-order valence-corrected chi connectivity index (χ4v) is 2.92. The molecule has 2 rings (SSSR count). The Bertz CT molecular complexity index is 697. The van der Waals surface area contributed by atoms with E-state index in [1.165, 1.54) is 0 Å². The molecule has 0 amide bonds. The average Bonchev–Trinajstić information content (AvgIpc) is 2.60. The highest BCUT2D eigenvalue weighted by atomic mass is 16.5. The number of hydrogen-bond donors (Lipinski definition) is 2. The molecular weight excluding hydrogens is 320 g/mol. The molecule has 5 heteroatoms. The zero-order chi connectivity index (χ0) is 18.4. The van der Waals surface area contributed by atoms with Crippen molar-refractivity contribution in [3.63, 3.8) is 0 Å². The zero-order valence-electron chi connectivity index (χ0n) is 15.3. The van der Waals surface area contributed by atoms with Crippen molar-refractivity contribution in [2.45, 2.75) is 33.2 Å². The van der Waals surface area contributed by atoms with Crippen LogP contribution in [0.1, 0.15) is 29.2 Å². The third-order valence-corrected chi connectivity index (χ3v) is 4.15. The van der Waals surface area contributed by atoms with Gasteiger partial charge in [0.1, 0.15) is 11.5 Å². The van der Waals surface area contributed by atoms with E-state index >= 15 is 0 Å². The van der Waals surface area contributed by atoms with E-state index in [1.807, 2.05) is 31.2 Å². The van der Waals surface area contributed by atoms with E-state index in [0.717, 1.165) is 22.3 Å². The van der Waals surface area contributed by atoms with Crippen molar-refractivity contribution in [3.8, 4) is 22.6 Å². The molecule has 0 aliphatic carbocycles. The molecule has 136 valence electrons. The van der Waals surface area contributed by atoms with Crippen molar-refractivity contribution in [3.05, 3.63) is 46.5 Å². The Labute approximate surface area is 148 Å². The van der Waals surface area contributed by atoms with Gasteiger partial charge in [-0.15, -0.1) is 0 Å². The standard InChI is InChI=1S/C20H26O5/c1-5-13-6-14(7-16(10-23-2)19(13)21)15-8-17(11-24-3)20(22)18(9-15)12-25-4/h6-9,21-22H,5,10-12H2,1-4H3. The Morgan fingerprint density at radius 2 is 0.960 bits per heavy atom. The quantitative estimate of drug-likeness (QED) is 0.762. The van der Waals surface area contributed by atoms with Crippen LogP contribution in [0.5, 0.6) is 11.5 Å². The lowest BCUT2D eigenvalue weighted by molar-refractivity contribution is 0.174. The number of aryl methyl sites for hydroxylation is 1. The SMILES string of the molecule is CCc1cc(-c2cc(COC)c(O)c(COC)c2)cc(COC)c1O. The van der Waals surface area contributed by atoms with Crippen LogP contribution in [-0.2, 0) is 40.5 Å². The van der Waals surface area contributed by atoms with Crippen LogP contribution in [-0.4, -0.2) is 31.5 Å². The highest BCUT2D eigenvalue weighted by molar-refractivity contribution is 5.70. The Morgan fingerprint density at radius 1 is 0.640 bits per heavy atom. The summed E-state index contributed by atoms with van der Waals surface area (Å²) in [5.74, 6) is 0.472. The van der Waals surface area contributed by atoms with Gasteiger partial charge in [0.05, 0.1) is 19.8 Å². The van der Waals surface area contributed by atoms with Crippen molar-refractivity contribution in [2.75, 3.05) is 21.3 Å². The summed E-state index contributed by atoms with van der Waals surface area (Å²) in [5, 5.41) is 20.7. The van der Waals surface area contributed by atoms with Gasteiger partial charge in [-0.25, -0.2) is 0 Å². The molecule has 2 aromatic rings. The fourth-order valence-electron chi connectivity index (χ4n) is 2.92. The maximum Gasteiger partial charge on any atom is 0.126 e. The van der Waals surface area contributed by atoms with E-state index in [4.69, 9.17) is 14.2 Å². The van der Waals surface area contributed by atoms with Gasteiger partial charge in [0, 0.05) is 38.0 Å². The van der Waals surface area contributed by atoms with E-state index in [1.54, 1.807) is 21.3 Å². The Balaban J connectivity index is 2.61. The largest absolute Gasteiger partial charge is 0.507 e. The molecule has 0 saturated carbocycles. The summed E-state index contributed by atoms with van der Waals surface area (Å²) in [6, 6.07) is 7.69. The molecule has 0 spiro atoms. The summed E-state index contributed by atoms with van der Waals surface area (Å²) < 4.78 is 15.6. The molecule has 0 aromatic heterocycles. The minimum absolute atomic E-state index is 0.194. The van der Waals surface area contributed by atoms with Crippen LogP contribution in [0.15, 0.2) is 24.3 Å². The third kappa shape index (κ3) is 4.31. The summed E-state index contributed by atoms with van der Waals surface area (Å²) in [7, 11) is 4.79. The second-order valence-corrected chi connectivity index (χ2v) is 5.94. The smallest absolute Gasteiger partial charge is 0.126 e. The van der Waals surface area contributed by atoms with Crippen LogP contribution in [0.25, 0.3) is 11.1 Å². The van der Waals surface area contributed by atoms with Gasteiger partial charge in [-0.2, -0.15) is 0 Å². The second-order valence-electron chi connectivity index (χ2n) is 5.94. The number of hydrogen-bond acceptors (Lipinski definition) is 5. The topological polar surface area (TPSA) is 68.2 Å². The molecule has 0 unspecified atom stereocenters. The number of aromatic hydroxyl groups is 2. The number of benzene rings is 2. The molecule has 0 saturated heterocycles. The number of ether oxygens (including phenoxy) is 3. The lowest BCUT2D eigenvalue weighted by Gasteiger charge is -2.15. The lowest BCUT2D eigenvalue weighted by Crippen LogP contribution is -1.98. The van der Waals surface area contributed by atoms with Crippen molar-refractivity contribution in [1.82, 2.24) is 0 Å². The molecule has 0 aliphatic heterocycles. The molecule has 2 aromatic carbocycles. The van der Waals surface area contributed by atoms with Gasteiger partial charge < -0.3 is 24.4 Å². The maximum absolute atomic E-state index is 10.4. The fraction of sp³-hybridized carbons (Fsp3) is 0.400. The predicted octanol–water partition coefficient (Wildman–Crippen LogP) is 3.77. The summed E-state index contributed by atoms with van der Waals surface area (Å²) in [6.45, 7) is 2.94. The number of rotatable bonds is 8. The summed E-state index contributed by atoms with van der Waals surface area (Å²) in [4.78, 5) is 0. The van der Waals surface area contributed by atoms with Crippen molar-refractivity contribution in [1.29, 1.82) is 0 Å². The van der Waals surface area contributed by atoms with Crippen molar-refractivity contribution >= 4 is 0 Å². The monoisotopic (exact) mass is 346 g/mol. The van der Waals surface area contributed by atoms with Gasteiger partial charge in [0.25, 0.3) is 0 Å². The normalized spacial score (nSPS) is 11.0. The van der Waals surface area contributed by atoms with Gasteiger partial charge in [-0.1, -0.05) is 6.92 Å². The van der Waals surface area contributed by atoms with Crippen LogP contribution in [0.2, 0.25) is 0 Å². The predicted molar refractivity (Wildman–Crippen MR) is 96.7 cm³/mol.